The number of nitrogens with zero attached hydrogens (tertiary/aromatic N) is 3. The first-order valence-electron chi connectivity index (χ1n) is 10.0. The molecular weight excluding hydrogens is 404 g/mol. The number of carbonyl (C=O) groups is 2. The summed E-state index contributed by atoms with van der Waals surface area (Å²) in [4.78, 5) is 23.6. The van der Waals surface area contributed by atoms with E-state index in [4.69, 9.17) is 17.0 Å². The van der Waals surface area contributed by atoms with Crippen LogP contribution in [0.3, 0.4) is 0 Å². The van der Waals surface area contributed by atoms with Crippen LogP contribution in [0.15, 0.2) is 24.3 Å². The van der Waals surface area contributed by atoms with Crippen LogP contribution in [-0.2, 0) is 28.9 Å². The Morgan fingerprint density at radius 2 is 2.00 bits per heavy atom. The van der Waals surface area contributed by atoms with Crippen LogP contribution in [0.25, 0.3) is 0 Å². The number of rotatable bonds is 5. The summed E-state index contributed by atoms with van der Waals surface area (Å²) < 4.78 is 8.87. The maximum Gasteiger partial charge on any atom is 0.408 e. The number of carboxylic acids is 1. The molecule has 9 heteroatoms. The first kappa shape index (κ1) is 22.0. The van der Waals surface area contributed by atoms with E-state index in [0.717, 1.165) is 19.3 Å². The van der Waals surface area contributed by atoms with Gasteiger partial charge in [0.25, 0.3) is 0 Å². The number of benzene rings is 1. The van der Waals surface area contributed by atoms with E-state index < -0.39 is 23.7 Å². The van der Waals surface area contributed by atoms with Crippen molar-refractivity contribution in [1.82, 2.24) is 19.7 Å². The second-order valence-electron chi connectivity index (χ2n) is 8.55. The minimum Gasteiger partial charge on any atom is -0.480 e. The summed E-state index contributed by atoms with van der Waals surface area (Å²) in [6.07, 6.45) is 1.98. The summed E-state index contributed by atoms with van der Waals surface area (Å²) in [5.74, 6) is -0.500. The Morgan fingerprint density at radius 1 is 1.33 bits per heavy atom. The number of carboxylic acid groups (broad SMARTS) is 1. The van der Waals surface area contributed by atoms with Crippen LogP contribution in [0, 0.1) is 4.77 Å². The van der Waals surface area contributed by atoms with Gasteiger partial charge in [0.1, 0.15) is 11.6 Å². The fraction of sp³-hybridized carbons (Fsp3) is 0.524. The molecule has 0 bridgehead atoms. The molecule has 0 aliphatic heterocycles. The van der Waals surface area contributed by atoms with Crippen molar-refractivity contribution in [2.24, 2.45) is 0 Å². The van der Waals surface area contributed by atoms with Gasteiger partial charge in [0, 0.05) is 6.04 Å². The number of aliphatic carboxylic acids is 1. The second-order valence-corrected chi connectivity index (χ2v) is 8.91. The predicted octanol–water partition coefficient (Wildman–Crippen LogP) is 3.81. The molecule has 30 heavy (non-hydrogen) atoms. The molecule has 162 valence electrons. The molecule has 1 aromatic heterocycles. The van der Waals surface area contributed by atoms with E-state index in [2.05, 4.69) is 22.5 Å². The zero-order valence-corrected chi connectivity index (χ0v) is 18.5. The minimum absolute atomic E-state index is 0.0394. The van der Waals surface area contributed by atoms with E-state index >= 15 is 0 Å². The molecule has 0 saturated heterocycles. The van der Waals surface area contributed by atoms with Gasteiger partial charge in [-0.25, -0.2) is 14.3 Å². The molecule has 0 saturated carbocycles. The van der Waals surface area contributed by atoms with E-state index in [1.165, 1.54) is 22.7 Å². The summed E-state index contributed by atoms with van der Waals surface area (Å²) in [6.45, 7) is 7.00. The molecule has 1 aromatic carbocycles. The van der Waals surface area contributed by atoms with Crippen molar-refractivity contribution in [3.05, 3.63) is 46.0 Å². The molecule has 8 nitrogen and oxygen atoms in total. The summed E-state index contributed by atoms with van der Waals surface area (Å²) in [5.41, 5.74) is 1.95. The van der Waals surface area contributed by atoms with Crippen molar-refractivity contribution >= 4 is 24.3 Å². The molecule has 1 heterocycles. The van der Waals surface area contributed by atoms with E-state index in [9.17, 15) is 14.7 Å². The Bertz CT molecular complexity index is 1010. The summed E-state index contributed by atoms with van der Waals surface area (Å²) in [7, 11) is 0. The SMILES string of the molecule is CC(C(=O)O)n1nc(CNC(=O)OC(C)(C)C)n(C2CCc3ccccc3C2)c1=S. The van der Waals surface area contributed by atoms with Gasteiger partial charge in [-0.15, -0.1) is 0 Å². The van der Waals surface area contributed by atoms with Crippen molar-refractivity contribution in [2.45, 2.75) is 71.2 Å². The zero-order chi connectivity index (χ0) is 22.1. The highest BCUT2D eigenvalue weighted by atomic mass is 32.1. The topological polar surface area (TPSA) is 98.4 Å². The molecule has 2 atom stereocenters. The lowest BCUT2D eigenvalue weighted by atomic mass is 9.88. The lowest BCUT2D eigenvalue weighted by molar-refractivity contribution is -0.140. The molecule has 3 rings (SSSR count). The van der Waals surface area contributed by atoms with Crippen LogP contribution >= 0.6 is 12.2 Å². The minimum atomic E-state index is -1.02. The Balaban J connectivity index is 1.91. The van der Waals surface area contributed by atoms with Gasteiger partial charge in [-0.1, -0.05) is 24.3 Å². The van der Waals surface area contributed by atoms with E-state index in [0.29, 0.717) is 10.6 Å². The number of aromatic nitrogens is 3. The third kappa shape index (κ3) is 4.89. The Labute approximate surface area is 180 Å². The van der Waals surface area contributed by atoms with Crippen molar-refractivity contribution in [3.8, 4) is 0 Å². The van der Waals surface area contributed by atoms with Gasteiger partial charge in [-0.3, -0.25) is 4.57 Å². The van der Waals surface area contributed by atoms with Crippen LogP contribution in [0.2, 0.25) is 0 Å². The van der Waals surface area contributed by atoms with E-state index in [-0.39, 0.29) is 12.6 Å². The van der Waals surface area contributed by atoms with Crippen molar-refractivity contribution < 1.29 is 19.4 Å². The number of hydrogen-bond donors (Lipinski definition) is 2. The van der Waals surface area contributed by atoms with Gasteiger partial charge in [-0.05, 0) is 70.3 Å². The van der Waals surface area contributed by atoms with Crippen LogP contribution in [-0.4, -0.2) is 37.1 Å². The fourth-order valence-electron chi connectivity index (χ4n) is 3.64. The molecule has 0 radical (unpaired) electrons. The number of amides is 1. The van der Waals surface area contributed by atoms with Crippen molar-refractivity contribution in [1.29, 1.82) is 0 Å². The quantitative estimate of drug-likeness (QED) is 0.697. The van der Waals surface area contributed by atoms with Gasteiger partial charge in [0.15, 0.2) is 10.6 Å². The first-order chi connectivity index (χ1) is 14.1. The summed E-state index contributed by atoms with van der Waals surface area (Å²) in [5, 5.41) is 16.6. The lowest BCUT2D eigenvalue weighted by Gasteiger charge is -2.27. The maximum atomic E-state index is 12.1. The molecule has 1 aliphatic rings. The van der Waals surface area contributed by atoms with E-state index in [1.54, 1.807) is 20.8 Å². The average Bonchev–Trinajstić information content (AvgIpc) is 3.00. The monoisotopic (exact) mass is 432 g/mol. The molecule has 1 aliphatic carbocycles. The molecule has 2 unspecified atom stereocenters. The van der Waals surface area contributed by atoms with Crippen LogP contribution in [0.5, 0.6) is 0 Å². The molecule has 0 spiro atoms. The van der Waals surface area contributed by atoms with Gasteiger partial charge >= 0.3 is 12.1 Å². The van der Waals surface area contributed by atoms with Gasteiger partial charge < -0.3 is 15.2 Å². The van der Waals surface area contributed by atoms with Crippen LogP contribution in [0.1, 0.15) is 63.2 Å². The Morgan fingerprint density at radius 3 is 2.63 bits per heavy atom. The van der Waals surface area contributed by atoms with Gasteiger partial charge in [0.2, 0.25) is 0 Å². The highest BCUT2D eigenvalue weighted by molar-refractivity contribution is 7.71. The number of hydrogen-bond acceptors (Lipinski definition) is 5. The number of fused-ring (bicyclic) bond motifs is 1. The highest BCUT2D eigenvalue weighted by Gasteiger charge is 2.27. The summed E-state index contributed by atoms with van der Waals surface area (Å²) >= 11 is 5.61. The fourth-order valence-corrected chi connectivity index (χ4v) is 4.10. The van der Waals surface area contributed by atoms with Crippen LogP contribution < -0.4 is 5.32 Å². The standard InChI is InChI=1S/C21H28N4O4S/c1-13(18(26)27)25-20(30)24(16-10-9-14-7-5-6-8-15(14)11-16)17(23-25)12-22-19(28)29-21(2,3)4/h5-8,13,16H,9-12H2,1-4H3,(H,22,28)(H,26,27). The van der Waals surface area contributed by atoms with E-state index in [1.807, 2.05) is 16.7 Å². The second kappa shape index (κ2) is 8.59. The average molecular weight is 433 g/mol. The Kier molecular flexibility index (Phi) is 6.30. The molecule has 0 fully saturated rings. The normalized spacial score (nSPS) is 17.1. The number of carbonyl (C=O) groups excluding carboxylic acids is 1. The number of alkyl carbamates (subject to hydrolysis) is 1. The number of aryl methyl sites for hydroxylation is 1. The van der Waals surface area contributed by atoms with Gasteiger partial charge in [0.05, 0.1) is 6.54 Å². The molecule has 2 aromatic rings. The Hall–Kier alpha value is -2.68. The molecular formula is C21H28N4O4S. The molecule has 2 N–H and O–H groups in total. The van der Waals surface area contributed by atoms with Crippen molar-refractivity contribution in [3.63, 3.8) is 0 Å². The number of nitrogens with one attached hydrogen (secondary N) is 1. The maximum absolute atomic E-state index is 12.1. The third-order valence-corrected chi connectivity index (χ3v) is 5.49. The first-order valence-corrected chi connectivity index (χ1v) is 10.4. The third-order valence-electron chi connectivity index (χ3n) is 5.10. The highest BCUT2D eigenvalue weighted by Crippen LogP contribution is 2.30. The largest absolute Gasteiger partial charge is 0.480 e. The smallest absolute Gasteiger partial charge is 0.408 e. The zero-order valence-electron chi connectivity index (χ0n) is 17.7. The molecule has 1 amide bonds. The lowest BCUT2D eigenvalue weighted by Crippen LogP contribution is -2.33. The number of ether oxygens (including phenoxy) is 1. The van der Waals surface area contributed by atoms with Crippen LogP contribution in [0.4, 0.5) is 4.79 Å². The summed E-state index contributed by atoms with van der Waals surface area (Å²) in [6, 6.07) is 7.42. The predicted molar refractivity (Wildman–Crippen MR) is 114 cm³/mol. The van der Waals surface area contributed by atoms with Gasteiger partial charge in [-0.2, -0.15) is 5.10 Å². The van der Waals surface area contributed by atoms with Crippen molar-refractivity contribution in [2.75, 3.05) is 0 Å².